The second kappa shape index (κ2) is 6.92. The highest BCUT2D eigenvalue weighted by Gasteiger charge is 2.22. The van der Waals surface area contributed by atoms with Crippen molar-refractivity contribution in [1.82, 2.24) is 9.88 Å². The minimum atomic E-state index is -0.223. The zero-order valence-electron chi connectivity index (χ0n) is 14.0. The van der Waals surface area contributed by atoms with Crippen molar-refractivity contribution in [3.8, 4) is 0 Å². The molecule has 26 heavy (non-hydrogen) atoms. The molecule has 0 saturated carbocycles. The molecule has 3 N–H and O–H groups in total. The summed E-state index contributed by atoms with van der Waals surface area (Å²) in [5.74, 6) is -0.223. The summed E-state index contributed by atoms with van der Waals surface area (Å²) < 4.78 is 1.70. The van der Waals surface area contributed by atoms with E-state index in [1.54, 1.807) is 0 Å². The summed E-state index contributed by atoms with van der Waals surface area (Å²) in [6.07, 6.45) is 0.923. The van der Waals surface area contributed by atoms with Crippen molar-refractivity contribution in [2.75, 3.05) is 24.6 Å². The van der Waals surface area contributed by atoms with Gasteiger partial charge in [0.25, 0.3) is 5.91 Å². The van der Waals surface area contributed by atoms with E-state index >= 15 is 0 Å². The zero-order valence-corrected chi connectivity index (χ0v) is 18.0. The summed E-state index contributed by atoms with van der Waals surface area (Å²) in [5.41, 5.74) is 9.79. The molecule has 1 aliphatic rings. The van der Waals surface area contributed by atoms with Crippen LogP contribution in [0.2, 0.25) is 0 Å². The number of pyridine rings is 1. The van der Waals surface area contributed by atoms with Crippen LogP contribution in [0.1, 0.15) is 20.9 Å². The number of benzene rings is 1. The Balaban J connectivity index is 1.71. The summed E-state index contributed by atoms with van der Waals surface area (Å²) in [6.45, 7) is 1.86. The number of hydrogen-bond donors (Lipinski definition) is 2. The summed E-state index contributed by atoms with van der Waals surface area (Å²) in [7, 11) is 2.10. The van der Waals surface area contributed by atoms with Gasteiger partial charge in [-0.15, -0.1) is 11.3 Å². The van der Waals surface area contributed by atoms with Gasteiger partial charge in [0, 0.05) is 39.5 Å². The third kappa shape index (κ3) is 3.26. The van der Waals surface area contributed by atoms with Gasteiger partial charge in [-0.25, -0.2) is 4.98 Å². The highest BCUT2D eigenvalue weighted by molar-refractivity contribution is 9.11. The number of likely N-dealkylation sites (N-methyl/N-ethyl adjacent to an activating group) is 1. The van der Waals surface area contributed by atoms with Gasteiger partial charge in [0.1, 0.15) is 9.71 Å². The molecule has 0 bridgehead atoms. The standard InChI is InChI=1S/C18H16Br2N4OS/c1-24-5-4-13-9(8-24)6-11-15(21)16(26-18(11)23-13)17(25)22-14-7-10(19)2-3-12(14)20/h2-3,6-7H,4-5,8,21H2,1H3,(H,22,25). The summed E-state index contributed by atoms with van der Waals surface area (Å²) in [4.78, 5) is 21.1. The number of aromatic nitrogens is 1. The molecule has 1 amide bonds. The van der Waals surface area contributed by atoms with Gasteiger partial charge in [0.05, 0.1) is 11.4 Å². The Bertz CT molecular complexity index is 1030. The van der Waals surface area contributed by atoms with Crippen LogP contribution in [0.15, 0.2) is 33.2 Å². The van der Waals surface area contributed by atoms with E-state index in [2.05, 4.69) is 55.2 Å². The van der Waals surface area contributed by atoms with Crippen molar-refractivity contribution in [2.45, 2.75) is 13.0 Å². The van der Waals surface area contributed by atoms with E-state index in [4.69, 9.17) is 10.7 Å². The molecule has 4 rings (SSSR count). The van der Waals surface area contributed by atoms with E-state index in [1.165, 1.54) is 16.9 Å². The van der Waals surface area contributed by atoms with Crippen molar-refractivity contribution in [1.29, 1.82) is 0 Å². The molecule has 1 aliphatic heterocycles. The lowest BCUT2D eigenvalue weighted by Crippen LogP contribution is -2.27. The number of halogens is 2. The lowest BCUT2D eigenvalue weighted by Gasteiger charge is -2.24. The molecular weight excluding hydrogens is 480 g/mol. The third-order valence-electron chi connectivity index (χ3n) is 4.44. The lowest BCUT2D eigenvalue weighted by molar-refractivity contribution is 0.103. The SMILES string of the molecule is CN1CCc2nc3sc(C(=O)Nc4cc(Br)ccc4Br)c(N)c3cc2C1. The first-order chi connectivity index (χ1) is 12.4. The highest BCUT2D eigenvalue weighted by Crippen LogP contribution is 2.36. The molecule has 1 aromatic carbocycles. The fourth-order valence-electron chi connectivity index (χ4n) is 3.08. The number of carbonyl (C=O) groups excluding carboxylic acids is 1. The molecule has 0 radical (unpaired) electrons. The Morgan fingerprint density at radius 3 is 2.96 bits per heavy atom. The molecule has 3 heterocycles. The number of nitrogens with one attached hydrogen (secondary N) is 1. The predicted molar refractivity (Wildman–Crippen MR) is 114 cm³/mol. The number of hydrogen-bond acceptors (Lipinski definition) is 5. The first-order valence-electron chi connectivity index (χ1n) is 8.08. The number of nitrogens with zero attached hydrogens (tertiary/aromatic N) is 2. The first-order valence-corrected chi connectivity index (χ1v) is 10.5. The third-order valence-corrected chi connectivity index (χ3v) is 6.74. The van der Waals surface area contributed by atoms with E-state index in [0.717, 1.165) is 44.4 Å². The Labute approximate surface area is 171 Å². The summed E-state index contributed by atoms with van der Waals surface area (Å²) in [6, 6.07) is 7.71. The van der Waals surface area contributed by atoms with Crippen molar-refractivity contribution in [3.63, 3.8) is 0 Å². The van der Waals surface area contributed by atoms with Gasteiger partial charge in [-0.3, -0.25) is 4.79 Å². The van der Waals surface area contributed by atoms with Crippen LogP contribution in [0, 0.1) is 0 Å². The zero-order chi connectivity index (χ0) is 18.4. The maximum Gasteiger partial charge on any atom is 0.267 e. The van der Waals surface area contributed by atoms with Gasteiger partial charge in [0.15, 0.2) is 0 Å². The van der Waals surface area contributed by atoms with Crippen molar-refractivity contribution in [3.05, 3.63) is 49.3 Å². The van der Waals surface area contributed by atoms with Gasteiger partial charge < -0.3 is 16.0 Å². The molecule has 0 unspecified atom stereocenters. The van der Waals surface area contributed by atoms with Crippen LogP contribution in [0.4, 0.5) is 11.4 Å². The molecule has 3 aromatic rings. The molecule has 0 atom stereocenters. The van der Waals surface area contributed by atoms with Gasteiger partial charge in [0.2, 0.25) is 0 Å². The van der Waals surface area contributed by atoms with Crippen LogP contribution in [-0.2, 0) is 13.0 Å². The van der Waals surface area contributed by atoms with Crippen molar-refractivity contribution >= 4 is 70.7 Å². The Hall–Kier alpha value is -1.48. The van der Waals surface area contributed by atoms with Crippen molar-refractivity contribution < 1.29 is 4.79 Å². The lowest BCUT2D eigenvalue weighted by atomic mass is 10.0. The van der Waals surface area contributed by atoms with Crippen LogP contribution >= 0.6 is 43.2 Å². The fourth-order valence-corrected chi connectivity index (χ4v) is 4.78. The van der Waals surface area contributed by atoms with Crippen molar-refractivity contribution in [2.24, 2.45) is 0 Å². The smallest absolute Gasteiger partial charge is 0.267 e. The summed E-state index contributed by atoms with van der Waals surface area (Å²) >= 11 is 8.22. The number of fused-ring (bicyclic) bond motifs is 2. The van der Waals surface area contributed by atoms with Gasteiger partial charge in [-0.05, 0) is 52.8 Å². The molecule has 0 spiro atoms. The van der Waals surface area contributed by atoms with E-state index in [-0.39, 0.29) is 5.91 Å². The Morgan fingerprint density at radius 2 is 2.15 bits per heavy atom. The molecule has 134 valence electrons. The van der Waals surface area contributed by atoms with Gasteiger partial charge in [-0.2, -0.15) is 0 Å². The molecule has 0 fully saturated rings. The number of carbonyl (C=O) groups is 1. The van der Waals surface area contributed by atoms with Gasteiger partial charge in [-0.1, -0.05) is 15.9 Å². The molecular formula is C18H16Br2N4OS. The van der Waals surface area contributed by atoms with Crippen LogP contribution in [0.25, 0.3) is 10.2 Å². The van der Waals surface area contributed by atoms with E-state index < -0.39 is 0 Å². The average Bonchev–Trinajstić information content (AvgIpc) is 2.92. The number of nitrogen functional groups attached to an aromatic ring is 1. The quantitative estimate of drug-likeness (QED) is 0.543. The first kappa shape index (κ1) is 17.9. The van der Waals surface area contributed by atoms with Crippen LogP contribution < -0.4 is 11.1 Å². The Morgan fingerprint density at radius 1 is 1.35 bits per heavy atom. The largest absolute Gasteiger partial charge is 0.397 e. The minimum Gasteiger partial charge on any atom is -0.397 e. The maximum atomic E-state index is 12.8. The highest BCUT2D eigenvalue weighted by atomic mass is 79.9. The monoisotopic (exact) mass is 494 g/mol. The second-order valence-electron chi connectivity index (χ2n) is 6.36. The predicted octanol–water partition coefficient (Wildman–Crippen LogP) is 4.64. The Kier molecular flexibility index (Phi) is 4.77. The molecule has 2 aromatic heterocycles. The maximum absolute atomic E-state index is 12.8. The van der Waals surface area contributed by atoms with E-state index in [9.17, 15) is 4.79 Å². The fraction of sp³-hybridized carbons (Fsp3) is 0.222. The van der Waals surface area contributed by atoms with Crippen LogP contribution in [0.3, 0.4) is 0 Å². The second-order valence-corrected chi connectivity index (χ2v) is 9.13. The number of rotatable bonds is 2. The van der Waals surface area contributed by atoms with Crippen LogP contribution in [0.5, 0.6) is 0 Å². The minimum absolute atomic E-state index is 0.223. The molecule has 0 saturated heterocycles. The number of amides is 1. The van der Waals surface area contributed by atoms with E-state index in [1.807, 2.05) is 18.2 Å². The molecule has 8 heteroatoms. The van der Waals surface area contributed by atoms with Crippen LogP contribution in [-0.4, -0.2) is 29.4 Å². The topological polar surface area (TPSA) is 71.2 Å². The summed E-state index contributed by atoms with van der Waals surface area (Å²) in [5, 5.41) is 3.79. The number of thiophene rings is 1. The normalized spacial score (nSPS) is 14.4. The molecule has 5 nitrogen and oxygen atoms in total. The van der Waals surface area contributed by atoms with Gasteiger partial charge >= 0.3 is 0 Å². The number of nitrogens with two attached hydrogens (primary N) is 1. The van der Waals surface area contributed by atoms with E-state index in [0.29, 0.717) is 16.3 Å². The molecule has 0 aliphatic carbocycles. The average molecular weight is 496 g/mol. The number of anilines is 2.